The zero-order valence-electron chi connectivity index (χ0n) is 36.9. The van der Waals surface area contributed by atoms with Gasteiger partial charge >= 0.3 is 21.1 Å². The van der Waals surface area contributed by atoms with Crippen LogP contribution in [0.15, 0.2) is 87.0 Å². The molecule has 6 rings (SSSR count). The van der Waals surface area contributed by atoms with Crippen LogP contribution in [0.1, 0.15) is 119 Å². The number of aryl methyl sites for hydroxylation is 2. The summed E-state index contributed by atoms with van der Waals surface area (Å²) < 4.78 is 8.97. The second-order valence-corrected chi connectivity index (χ2v) is 15.5. The molecule has 0 N–H and O–H groups in total. The van der Waals surface area contributed by atoms with Gasteiger partial charge in [-0.05, 0) is 114 Å². The first-order chi connectivity index (χ1) is 27.9. The van der Waals surface area contributed by atoms with Crippen LogP contribution in [0.5, 0.6) is 0 Å². The fourth-order valence-corrected chi connectivity index (χ4v) is 6.54. The van der Waals surface area contributed by atoms with Gasteiger partial charge in [0.1, 0.15) is 24.8 Å². The molecule has 2 aromatic heterocycles. The molecule has 12 nitrogen and oxygen atoms in total. The summed E-state index contributed by atoms with van der Waals surface area (Å²) in [5.41, 5.74) is 0. The second-order valence-electron chi connectivity index (χ2n) is 15.5. The molecule has 0 aromatic carbocycles. The van der Waals surface area contributed by atoms with E-state index in [-0.39, 0.29) is 21.1 Å². The molecule has 0 fully saturated rings. The monoisotopic (exact) mass is 982 g/mol. The van der Waals surface area contributed by atoms with Crippen LogP contribution in [0.3, 0.4) is 0 Å². The molecular formula is C45H78N12Pt+2. The van der Waals surface area contributed by atoms with E-state index < -0.39 is 0 Å². The molecule has 13 heteroatoms. The van der Waals surface area contributed by atoms with Crippen LogP contribution in [0.25, 0.3) is 0 Å². The fourth-order valence-electron chi connectivity index (χ4n) is 6.54. The van der Waals surface area contributed by atoms with Gasteiger partial charge in [0.2, 0.25) is 19.3 Å². The first kappa shape index (κ1) is 48.8. The minimum Gasteiger partial charge on any atom is -0.508 e. The molecular weight excluding hydrogens is 904 g/mol. The van der Waals surface area contributed by atoms with Crippen LogP contribution in [-0.4, -0.2) is 87.8 Å². The van der Waals surface area contributed by atoms with Crippen molar-refractivity contribution in [3.8, 4) is 0 Å². The quantitative estimate of drug-likeness (QED) is 0.0779. The van der Waals surface area contributed by atoms with E-state index in [0.29, 0.717) is 0 Å². The van der Waals surface area contributed by atoms with Gasteiger partial charge < -0.3 is 39.2 Å². The van der Waals surface area contributed by atoms with Gasteiger partial charge in [0.15, 0.2) is 0 Å². The summed E-state index contributed by atoms with van der Waals surface area (Å²) in [4.78, 5) is 17.9. The van der Waals surface area contributed by atoms with E-state index in [0.717, 1.165) is 59.3 Å². The summed E-state index contributed by atoms with van der Waals surface area (Å²) in [6.07, 6.45) is 45.1. The Bertz CT molecular complexity index is 1290. The Hall–Kier alpha value is -3.53. The van der Waals surface area contributed by atoms with Crippen molar-refractivity contribution in [2.75, 3.05) is 39.5 Å². The Labute approximate surface area is 368 Å². The third-order valence-electron chi connectivity index (χ3n) is 10.1. The van der Waals surface area contributed by atoms with Crippen molar-refractivity contribution in [1.82, 2.24) is 48.3 Å². The molecule has 0 radical (unpaired) electrons. The third kappa shape index (κ3) is 18.6. The van der Waals surface area contributed by atoms with E-state index in [1.807, 2.05) is 0 Å². The summed E-state index contributed by atoms with van der Waals surface area (Å²) in [7, 11) is 0. The summed E-state index contributed by atoms with van der Waals surface area (Å²) in [5, 5.41) is 0. The molecule has 58 heavy (non-hydrogen) atoms. The van der Waals surface area contributed by atoms with Crippen molar-refractivity contribution in [3.05, 3.63) is 114 Å². The van der Waals surface area contributed by atoms with Crippen LogP contribution in [0.2, 0.25) is 0 Å². The van der Waals surface area contributed by atoms with E-state index in [4.69, 9.17) is 0 Å². The summed E-state index contributed by atoms with van der Waals surface area (Å²) in [6.45, 7) is 31.5. The first-order valence-electron chi connectivity index (χ1n) is 22.2. The average molecular weight is 982 g/mol. The smallest absolute Gasteiger partial charge is 0.508 e. The van der Waals surface area contributed by atoms with Crippen LogP contribution in [-0.2, 0) is 40.8 Å². The minimum absolute atomic E-state index is 0. The molecule has 0 bridgehead atoms. The van der Waals surface area contributed by atoms with Gasteiger partial charge in [-0.2, -0.15) is 35.8 Å². The SMILES string of the molecule is CCCCN1C=CN(CN2C=CN(CCCC)[CH-]2)[CH-]1.CCCCN1C=CN(CN2C=CN(CCCC)[CH-]2)[CH-]1.CCCCn1cc[n+](C[n+]2ccn(CCCC)c2)c1.[Pt+4]. The van der Waals surface area contributed by atoms with Crippen LogP contribution in [0.4, 0.5) is 0 Å². The van der Waals surface area contributed by atoms with Gasteiger partial charge in [-0.1, -0.05) is 80.1 Å². The van der Waals surface area contributed by atoms with E-state index >= 15 is 0 Å². The topological polar surface area (TPSA) is 43.5 Å². The van der Waals surface area contributed by atoms with E-state index in [1.54, 1.807) is 0 Å². The number of hydrogen-bond donors (Lipinski definition) is 0. The van der Waals surface area contributed by atoms with Crippen molar-refractivity contribution < 1.29 is 30.2 Å². The summed E-state index contributed by atoms with van der Waals surface area (Å²) in [6, 6.07) is 0. The summed E-state index contributed by atoms with van der Waals surface area (Å²) in [5.74, 6) is 0. The van der Waals surface area contributed by atoms with Gasteiger partial charge in [-0.25, -0.2) is 9.13 Å². The Balaban J connectivity index is 0.000000231. The number of rotatable bonds is 24. The van der Waals surface area contributed by atoms with Crippen molar-refractivity contribution in [1.29, 1.82) is 0 Å². The number of unbranched alkanes of at least 4 members (excludes halogenated alkanes) is 6. The van der Waals surface area contributed by atoms with Gasteiger partial charge in [0.05, 0.1) is 13.1 Å². The Morgan fingerprint density at radius 1 is 0.362 bits per heavy atom. The third-order valence-corrected chi connectivity index (χ3v) is 10.1. The maximum Gasteiger partial charge on any atom is 4.00 e. The number of imidazole rings is 2. The molecule has 4 aliphatic heterocycles. The van der Waals surface area contributed by atoms with E-state index in [1.165, 1.54) is 77.0 Å². The number of nitrogens with zero attached hydrogens (tertiary/aromatic N) is 12. The Kier molecular flexibility index (Phi) is 24.3. The molecule has 0 unspecified atom stereocenters. The number of hydrogen-bond acceptors (Lipinski definition) is 8. The predicted octanol–water partition coefficient (Wildman–Crippen LogP) is 7.89. The maximum atomic E-state index is 2.26. The molecule has 326 valence electrons. The van der Waals surface area contributed by atoms with Crippen molar-refractivity contribution >= 4 is 0 Å². The van der Waals surface area contributed by atoms with Crippen LogP contribution < -0.4 is 9.13 Å². The predicted molar refractivity (Wildman–Crippen MR) is 232 cm³/mol. The normalized spacial score (nSPS) is 15.6. The Morgan fingerprint density at radius 3 is 0.897 bits per heavy atom. The molecule has 0 aliphatic carbocycles. The van der Waals surface area contributed by atoms with Crippen LogP contribution in [0, 0.1) is 26.7 Å². The molecule has 0 atom stereocenters. The Morgan fingerprint density at radius 2 is 0.621 bits per heavy atom. The van der Waals surface area contributed by atoms with Gasteiger partial charge in [0.25, 0.3) is 0 Å². The fraction of sp³-hybridized carbons (Fsp3) is 0.600. The minimum atomic E-state index is 0. The molecule has 0 saturated heterocycles. The standard InChI is InChI=1S/3C15H26N4.Pt/c3*1-3-5-7-16-9-11-18(13-16)15-19-12-10-17(14-19)8-6-4-2;/h3*9-14H,3-8,15H2,1-2H3;/q2*-2;+2;+4. The molecule has 0 amide bonds. The zero-order chi connectivity index (χ0) is 40.5. The van der Waals surface area contributed by atoms with Gasteiger partial charge in [0, 0.05) is 13.3 Å². The maximum absolute atomic E-state index is 2.26. The molecule has 0 saturated carbocycles. The average Bonchev–Trinajstić information content (AvgIpc) is 4.09. The molecule has 6 heterocycles. The summed E-state index contributed by atoms with van der Waals surface area (Å²) >= 11 is 0. The zero-order valence-corrected chi connectivity index (χ0v) is 39.2. The van der Waals surface area contributed by atoms with E-state index in [2.05, 4.69) is 213 Å². The first-order valence-corrected chi connectivity index (χ1v) is 22.2. The van der Waals surface area contributed by atoms with Gasteiger partial charge in [-0.3, -0.25) is 0 Å². The van der Waals surface area contributed by atoms with Gasteiger partial charge in [-0.15, -0.1) is 0 Å². The van der Waals surface area contributed by atoms with Crippen LogP contribution >= 0.6 is 0 Å². The van der Waals surface area contributed by atoms with Crippen molar-refractivity contribution in [2.45, 2.75) is 138 Å². The molecule has 0 spiro atoms. The molecule has 2 aromatic rings. The number of aromatic nitrogens is 4. The van der Waals surface area contributed by atoms with Crippen molar-refractivity contribution in [2.24, 2.45) is 0 Å². The van der Waals surface area contributed by atoms with E-state index in [9.17, 15) is 0 Å². The largest absolute Gasteiger partial charge is 4.00 e. The van der Waals surface area contributed by atoms with Crippen molar-refractivity contribution in [3.63, 3.8) is 0 Å². The second kappa shape index (κ2) is 28.8. The molecule has 4 aliphatic rings.